The lowest BCUT2D eigenvalue weighted by atomic mass is 10.2. The lowest BCUT2D eigenvalue weighted by molar-refractivity contribution is -0.383. The zero-order chi connectivity index (χ0) is 21.6. The second kappa shape index (κ2) is 9.06. The molecule has 0 aliphatic rings. The third-order valence-electron chi connectivity index (χ3n) is 4.26. The molecule has 0 radical (unpaired) electrons. The maximum absolute atomic E-state index is 12.0. The number of anilines is 5. The average Bonchev–Trinajstić information content (AvgIpc) is 2.80. The minimum atomic E-state index is -0.552. The van der Waals surface area contributed by atoms with E-state index >= 15 is 0 Å². The largest absolute Gasteiger partial charge is 0.355 e. The number of aromatic nitrogens is 3. The number of para-hydroxylation sites is 2. The van der Waals surface area contributed by atoms with E-state index in [-0.39, 0.29) is 22.5 Å². The number of halogens is 1. The fourth-order valence-corrected chi connectivity index (χ4v) is 3.04. The topological polar surface area (TPSA) is 109 Å². The van der Waals surface area contributed by atoms with Gasteiger partial charge in [0.2, 0.25) is 11.6 Å². The van der Waals surface area contributed by atoms with Gasteiger partial charge in [0.25, 0.3) is 0 Å². The molecule has 0 atom stereocenters. The lowest BCUT2D eigenvalue weighted by Gasteiger charge is -2.26. The quantitative estimate of drug-likeness (QED) is 0.228. The molecule has 4 aromatic rings. The lowest BCUT2D eigenvalue weighted by Crippen LogP contribution is -2.26. The van der Waals surface area contributed by atoms with Crippen LogP contribution in [0, 0.1) is 10.1 Å². The molecular weight excluding hydrogens is 418 g/mol. The Balaban J connectivity index is 1.76. The molecule has 2 N–H and O–H groups in total. The Morgan fingerprint density at radius 3 is 2.03 bits per heavy atom. The molecule has 0 aliphatic heterocycles. The summed E-state index contributed by atoms with van der Waals surface area (Å²) in [6, 6.07) is 22.1. The van der Waals surface area contributed by atoms with Gasteiger partial charge in [-0.1, -0.05) is 48.0 Å². The number of benzene rings is 2. The number of hydrogen-bond donors (Lipinski definition) is 2. The number of nitro groups is 1. The molecule has 2 aromatic carbocycles. The van der Waals surface area contributed by atoms with Crippen LogP contribution < -0.4 is 15.8 Å². The van der Waals surface area contributed by atoms with Gasteiger partial charge in [0.05, 0.1) is 22.0 Å². The van der Waals surface area contributed by atoms with E-state index in [0.717, 1.165) is 11.4 Å². The smallest absolute Gasteiger partial charge is 0.332 e. The monoisotopic (exact) mass is 433 g/mol. The number of rotatable bonds is 7. The number of hydrazine groups is 1. The van der Waals surface area contributed by atoms with E-state index in [1.807, 2.05) is 60.7 Å². The van der Waals surface area contributed by atoms with Crippen LogP contribution >= 0.6 is 11.6 Å². The van der Waals surface area contributed by atoms with Crippen LogP contribution in [0.15, 0.2) is 85.3 Å². The number of nitrogens with one attached hydrogen (secondary N) is 2. The number of pyridine rings is 1. The first kappa shape index (κ1) is 20.0. The van der Waals surface area contributed by atoms with Gasteiger partial charge in [0.15, 0.2) is 5.15 Å². The minimum Gasteiger partial charge on any atom is -0.332 e. The van der Waals surface area contributed by atoms with Crippen LogP contribution in [0.4, 0.5) is 34.4 Å². The van der Waals surface area contributed by atoms with Crippen LogP contribution in [0.1, 0.15) is 0 Å². The summed E-state index contributed by atoms with van der Waals surface area (Å²) in [5.74, 6) is -0.00584. The van der Waals surface area contributed by atoms with Crippen molar-refractivity contribution < 1.29 is 4.92 Å². The molecule has 154 valence electrons. The van der Waals surface area contributed by atoms with Gasteiger partial charge < -0.3 is 5.32 Å². The van der Waals surface area contributed by atoms with Crippen LogP contribution in [-0.2, 0) is 0 Å². The van der Waals surface area contributed by atoms with Crippen molar-refractivity contribution in [2.45, 2.75) is 0 Å². The second-order valence-corrected chi connectivity index (χ2v) is 6.62. The summed E-state index contributed by atoms with van der Waals surface area (Å²) in [7, 11) is 0. The first-order valence-corrected chi connectivity index (χ1v) is 9.55. The van der Waals surface area contributed by atoms with Crippen molar-refractivity contribution >= 4 is 46.0 Å². The molecule has 0 saturated heterocycles. The van der Waals surface area contributed by atoms with E-state index in [9.17, 15) is 10.1 Å². The van der Waals surface area contributed by atoms with Crippen molar-refractivity contribution in [1.82, 2.24) is 15.0 Å². The number of hydrogen-bond acceptors (Lipinski definition) is 8. The summed E-state index contributed by atoms with van der Waals surface area (Å²) in [5, 5.41) is 16.7. The Bertz CT molecular complexity index is 1150. The molecule has 9 nitrogen and oxygen atoms in total. The minimum absolute atomic E-state index is 0.00946. The zero-order valence-electron chi connectivity index (χ0n) is 16.0. The highest BCUT2D eigenvalue weighted by atomic mass is 35.5. The molecule has 0 aliphatic carbocycles. The maximum atomic E-state index is 12.0. The molecule has 2 heterocycles. The van der Waals surface area contributed by atoms with E-state index < -0.39 is 4.92 Å². The summed E-state index contributed by atoms with van der Waals surface area (Å²) in [6.45, 7) is 0. The first-order chi connectivity index (χ1) is 15.1. The van der Waals surface area contributed by atoms with E-state index in [4.69, 9.17) is 11.6 Å². The first-order valence-electron chi connectivity index (χ1n) is 9.17. The van der Waals surface area contributed by atoms with Crippen LogP contribution in [0.5, 0.6) is 0 Å². The molecule has 0 fully saturated rings. The molecular formula is C21H16ClN7O2. The fourth-order valence-electron chi connectivity index (χ4n) is 2.87. The van der Waals surface area contributed by atoms with Gasteiger partial charge in [-0.2, -0.15) is 0 Å². The third kappa shape index (κ3) is 4.51. The van der Waals surface area contributed by atoms with Gasteiger partial charge in [-0.05, 0) is 36.4 Å². The molecule has 0 spiro atoms. The highest BCUT2D eigenvalue weighted by Crippen LogP contribution is 2.35. The van der Waals surface area contributed by atoms with E-state index in [1.165, 1.54) is 12.5 Å². The number of nitrogens with zero attached hydrogens (tertiary/aromatic N) is 5. The normalized spacial score (nSPS) is 10.4. The molecule has 0 saturated carbocycles. The highest BCUT2D eigenvalue weighted by Gasteiger charge is 2.25. The van der Waals surface area contributed by atoms with Crippen molar-refractivity contribution in [3.8, 4) is 0 Å². The van der Waals surface area contributed by atoms with E-state index in [0.29, 0.717) is 5.69 Å². The Morgan fingerprint density at radius 2 is 1.45 bits per heavy atom. The van der Waals surface area contributed by atoms with Crippen molar-refractivity contribution in [3.63, 3.8) is 0 Å². The van der Waals surface area contributed by atoms with Gasteiger partial charge in [0.1, 0.15) is 6.33 Å². The standard InChI is InChI=1S/C21H16ClN7O2/c22-19-17(12-7-13-23-19)26-20-18(29(30)31)21(25-14-24-20)27-28(15-8-3-1-4-9-15)16-10-5-2-6-11-16/h1-14H,(H2,24,25,26,27). The average molecular weight is 434 g/mol. The Hall–Kier alpha value is -4.24. The van der Waals surface area contributed by atoms with Gasteiger partial charge in [-0.15, -0.1) is 0 Å². The summed E-state index contributed by atoms with van der Waals surface area (Å²) in [4.78, 5) is 23.5. The van der Waals surface area contributed by atoms with Gasteiger partial charge in [-0.25, -0.2) is 15.0 Å². The maximum Gasteiger partial charge on any atom is 0.355 e. The predicted octanol–water partition coefficient (Wildman–Crippen LogP) is 5.34. The summed E-state index contributed by atoms with van der Waals surface area (Å²) < 4.78 is 0. The van der Waals surface area contributed by atoms with Crippen LogP contribution in [-0.4, -0.2) is 19.9 Å². The molecule has 2 aromatic heterocycles. The Kier molecular flexibility index (Phi) is 5.86. The molecule has 31 heavy (non-hydrogen) atoms. The Labute approximate surface area is 182 Å². The van der Waals surface area contributed by atoms with Crippen molar-refractivity contribution in [1.29, 1.82) is 0 Å². The van der Waals surface area contributed by atoms with Crippen molar-refractivity contribution in [2.24, 2.45) is 0 Å². The fraction of sp³-hybridized carbons (Fsp3) is 0. The van der Waals surface area contributed by atoms with Gasteiger partial charge in [0, 0.05) is 6.20 Å². The zero-order valence-corrected chi connectivity index (χ0v) is 16.8. The summed E-state index contributed by atoms with van der Waals surface area (Å²) >= 11 is 6.08. The van der Waals surface area contributed by atoms with Crippen LogP contribution in [0.2, 0.25) is 5.15 Å². The van der Waals surface area contributed by atoms with Crippen molar-refractivity contribution in [2.75, 3.05) is 15.8 Å². The Morgan fingerprint density at radius 1 is 0.839 bits per heavy atom. The second-order valence-electron chi connectivity index (χ2n) is 6.26. The summed E-state index contributed by atoms with van der Waals surface area (Å²) in [6.07, 6.45) is 2.75. The molecule has 0 amide bonds. The van der Waals surface area contributed by atoms with Crippen LogP contribution in [0.25, 0.3) is 0 Å². The third-order valence-corrected chi connectivity index (χ3v) is 4.56. The SMILES string of the molecule is O=[N+]([O-])c1c(Nc2cccnc2Cl)ncnc1NN(c1ccccc1)c1ccccc1. The highest BCUT2D eigenvalue weighted by molar-refractivity contribution is 6.32. The molecule has 10 heteroatoms. The molecule has 4 rings (SSSR count). The van der Waals surface area contributed by atoms with Crippen molar-refractivity contribution in [3.05, 3.63) is 101 Å². The van der Waals surface area contributed by atoms with Gasteiger partial charge in [-0.3, -0.25) is 20.5 Å². The predicted molar refractivity (Wildman–Crippen MR) is 120 cm³/mol. The van der Waals surface area contributed by atoms with E-state index in [1.54, 1.807) is 17.1 Å². The van der Waals surface area contributed by atoms with Crippen LogP contribution in [0.3, 0.4) is 0 Å². The molecule has 0 unspecified atom stereocenters. The molecule has 0 bridgehead atoms. The van der Waals surface area contributed by atoms with E-state index in [2.05, 4.69) is 25.7 Å². The van der Waals surface area contributed by atoms with Gasteiger partial charge >= 0.3 is 5.69 Å². The summed E-state index contributed by atoms with van der Waals surface area (Å²) in [5.41, 5.74) is 4.65.